The molecule has 0 unspecified atom stereocenters. The molecule has 0 fully saturated rings. The lowest BCUT2D eigenvalue weighted by molar-refractivity contribution is -0.683. The molecule has 0 atom stereocenters. The second kappa shape index (κ2) is 12.1. The van der Waals surface area contributed by atoms with Crippen molar-refractivity contribution in [3.63, 3.8) is 0 Å². The monoisotopic (exact) mass is 554 g/mol. The maximum Gasteiger partial charge on any atom is 0.245 e. The van der Waals surface area contributed by atoms with Gasteiger partial charge in [0.15, 0.2) is 24.8 Å². The number of nitrogens with zero attached hydrogens (tertiary/aromatic N) is 4. The first-order valence-corrected chi connectivity index (χ1v) is 9.56. The topological polar surface area (TPSA) is 67.7 Å². The van der Waals surface area contributed by atoms with Crippen LogP contribution in [0.3, 0.4) is 0 Å². The number of Topliss-reactive ketones (excluding diaryl/α,β-unsaturated/α-hetero) is 2. The van der Waals surface area contributed by atoms with Crippen LogP contribution in [0.15, 0.2) is 97.8 Å². The molecule has 0 aliphatic carbocycles. The number of carbonyl (C=O) groups excluding carboxylic acids is 2. The Bertz CT molecular complexity index is 1090. The van der Waals surface area contributed by atoms with E-state index in [1.54, 1.807) is 33.7 Å². The van der Waals surface area contributed by atoms with Crippen molar-refractivity contribution in [2.75, 3.05) is 0 Å². The van der Waals surface area contributed by atoms with Crippen LogP contribution in [0.1, 0.15) is 21.0 Å². The van der Waals surface area contributed by atoms with Crippen molar-refractivity contribution >= 4 is 11.6 Å². The van der Waals surface area contributed by atoms with Gasteiger partial charge in [-0.15, -0.1) is 0 Å². The smallest absolute Gasteiger partial charge is 0.245 e. The molecule has 0 radical (unpaired) electrons. The molecule has 0 aliphatic heterocycles. The fourth-order valence-electron chi connectivity index (χ4n) is 3.10. The van der Waals surface area contributed by atoms with Gasteiger partial charge in [0.1, 0.15) is 11.4 Å². The van der Waals surface area contributed by atoms with E-state index >= 15 is 0 Å². The Morgan fingerprint density at radius 3 is 1.38 bits per heavy atom. The summed E-state index contributed by atoms with van der Waals surface area (Å²) in [6.45, 7) is 0.428. The molecule has 0 amide bonds. The van der Waals surface area contributed by atoms with Gasteiger partial charge in [-0.2, -0.15) is 9.13 Å². The molecule has 6 nitrogen and oxygen atoms in total. The molecule has 0 spiro atoms. The quantitative estimate of drug-likeness (QED) is 0.175. The van der Waals surface area contributed by atoms with Crippen LogP contribution in [-0.4, -0.2) is 21.5 Å². The van der Waals surface area contributed by atoms with Crippen molar-refractivity contribution in [1.82, 2.24) is 9.97 Å². The minimum Gasteiger partial charge on any atom is -1.00 e. The molecule has 0 aromatic carbocycles. The van der Waals surface area contributed by atoms with Crippen LogP contribution in [0.25, 0.3) is 11.1 Å². The third-order valence-electron chi connectivity index (χ3n) is 4.63. The number of hydrogen-bond donors (Lipinski definition) is 0. The average Bonchev–Trinajstić information content (AvgIpc) is 2.80. The summed E-state index contributed by atoms with van der Waals surface area (Å²) < 4.78 is 3.61. The van der Waals surface area contributed by atoms with Gasteiger partial charge in [0.25, 0.3) is 0 Å². The Balaban J connectivity index is 0.00000181. The normalized spacial score (nSPS) is 9.88. The third kappa shape index (κ3) is 6.45. The highest BCUT2D eigenvalue weighted by atomic mass is 79.9. The molecule has 0 saturated carbocycles. The Morgan fingerprint density at radius 2 is 1.00 bits per heavy atom. The van der Waals surface area contributed by atoms with Gasteiger partial charge in [0.05, 0.1) is 0 Å². The summed E-state index contributed by atoms with van der Waals surface area (Å²) in [5.74, 6) is -0.169. The van der Waals surface area contributed by atoms with E-state index in [2.05, 4.69) is 9.97 Å². The summed E-state index contributed by atoms with van der Waals surface area (Å²) in [7, 11) is 0. The molecule has 162 valence electrons. The zero-order valence-corrected chi connectivity index (χ0v) is 20.2. The molecule has 0 N–H and O–H groups in total. The van der Waals surface area contributed by atoms with E-state index < -0.39 is 0 Å². The number of halogens is 2. The molecular formula is C24H20Br2N4O2. The largest absolute Gasteiger partial charge is 1.00 e. The van der Waals surface area contributed by atoms with Gasteiger partial charge in [0, 0.05) is 36.7 Å². The fourth-order valence-corrected chi connectivity index (χ4v) is 3.10. The van der Waals surface area contributed by atoms with Gasteiger partial charge in [-0.1, -0.05) is 12.1 Å². The number of pyridine rings is 4. The minimum absolute atomic E-state index is 0. The van der Waals surface area contributed by atoms with Crippen molar-refractivity contribution in [2.24, 2.45) is 0 Å². The van der Waals surface area contributed by atoms with Crippen molar-refractivity contribution in [3.05, 3.63) is 109 Å². The van der Waals surface area contributed by atoms with E-state index in [1.807, 2.05) is 73.3 Å². The summed E-state index contributed by atoms with van der Waals surface area (Å²) in [6, 6.07) is 18.4. The summed E-state index contributed by atoms with van der Waals surface area (Å²) in [5.41, 5.74) is 2.40. The van der Waals surface area contributed by atoms with Gasteiger partial charge in [-0.3, -0.25) is 19.6 Å². The highest BCUT2D eigenvalue weighted by molar-refractivity contribution is 5.95. The van der Waals surface area contributed by atoms with E-state index in [0.717, 1.165) is 11.1 Å². The maximum absolute atomic E-state index is 12.6. The predicted octanol–water partition coefficient (Wildman–Crippen LogP) is -3.51. The lowest BCUT2D eigenvalue weighted by Crippen LogP contribution is -3.00. The predicted molar refractivity (Wildman–Crippen MR) is 109 cm³/mol. The van der Waals surface area contributed by atoms with E-state index in [-0.39, 0.29) is 58.6 Å². The van der Waals surface area contributed by atoms with E-state index in [1.165, 1.54) is 0 Å². The summed E-state index contributed by atoms with van der Waals surface area (Å²) in [5, 5.41) is 0. The Morgan fingerprint density at radius 1 is 0.625 bits per heavy atom. The van der Waals surface area contributed by atoms with Crippen LogP contribution in [0, 0.1) is 0 Å². The lowest BCUT2D eigenvalue weighted by Gasteiger charge is -2.05. The number of hydrogen-bond acceptors (Lipinski definition) is 4. The standard InChI is InChI=1S/C24H20N4O2.2BrH/c29-23(17-27-11-3-1-4-12-27)21-15-19(7-9-25-21)20-8-10-26-22(16-20)24(30)18-28-13-5-2-6-14-28;;/h1-16H,17-18H2;2*1H/q+2;;/p-2. The highest BCUT2D eigenvalue weighted by Gasteiger charge is 2.16. The first-order valence-electron chi connectivity index (χ1n) is 9.56. The Kier molecular flexibility index (Phi) is 9.49. The zero-order chi connectivity index (χ0) is 20.8. The van der Waals surface area contributed by atoms with Crippen LogP contribution in [-0.2, 0) is 13.1 Å². The van der Waals surface area contributed by atoms with Crippen LogP contribution in [0.2, 0.25) is 0 Å². The third-order valence-corrected chi connectivity index (χ3v) is 4.63. The van der Waals surface area contributed by atoms with Gasteiger partial charge in [-0.05, 0) is 35.4 Å². The molecule has 4 heterocycles. The molecule has 8 heteroatoms. The minimum atomic E-state index is -0.0844. The van der Waals surface area contributed by atoms with Crippen LogP contribution < -0.4 is 43.1 Å². The molecule has 4 rings (SSSR count). The van der Waals surface area contributed by atoms with Gasteiger partial charge < -0.3 is 34.0 Å². The maximum atomic E-state index is 12.6. The van der Waals surface area contributed by atoms with E-state index in [4.69, 9.17) is 0 Å². The molecule has 0 bridgehead atoms. The van der Waals surface area contributed by atoms with E-state index in [0.29, 0.717) is 11.4 Å². The molecule has 32 heavy (non-hydrogen) atoms. The summed E-state index contributed by atoms with van der Waals surface area (Å²) in [6.07, 6.45) is 10.6. The van der Waals surface area contributed by atoms with Crippen LogP contribution in [0.4, 0.5) is 0 Å². The molecule has 0 aliphatic rings. The number of rotatable bonds is 7. The van der Waals surface area contributed by atoms with Crippen LogP contribution >= 0.6 is 0 Å². The van der Waals surface area contributed by atoms with Crippen molar-refractivity contribution in [3.8, 4) is 11.1 Å². The number of carbonyl (C=O) groups is 2. The van der Waals surface area contributed by atoms with Crippen molar-refractivity contribution < 1.29 is 52.7 Å². The molecule has 4 aromatic rings. The summed E-state index contributed by atoms with van der Waals surface area (Å²) >= 11 is 0. The first-order chi connectivity index (χ1) is 14.7. The Labute approximate surface area is 207 Å². The van der Waals surface area contributed by atoms with Crippen molar-refractivity contribution in [2.45, 2.75) is 13.1 Å². The highest BCUT2D eigenvalue weighted by Crippen LogP contribution is 2.20. The molecule has 4 aromatic heterocycles. The zero-order valence-electron chi connectivity index (χ0n) is 17.0. The fraction of sp³-hybridized carbons (Fsp3) is 0.0833. The van der Waals surface area contributed by atoms with Crippen LogP contribution in [0.5, 0.6) is 0 Å². The molecular weight excluding hydrogens is 536 g/mol. The number of ketones is 2. The van der Waals surface area contributed by atoms with Gasteiger partial charge in [-0.25, -0.2) is 0 Å². The SMILES string of the molecule is O=C(C[n+]1ccccc1)c1cc(-c2ccnc(C(=O)C[n+]3ccccc3)c2)ccn1.[Br-].[Br-]. The van der Waals surface area contributed by atoms with E-state index in [9.17, 15) is 9.59 Å². The second-order valence-electron chi connectivity index (χ2n) is 6.80. The average molecular weight is 556 g/mol. The number of aromatic nitrogens is 4. The summed E-state index contributed by atoms with van der Waals surface area (Å²) in [4.78, 5) is 33.7. The van der Waals surface area contributed by atoms with Gasteiger partial charge >= 0.3 is 0 Å². The first kappa shape index (κ1) is 25.2. The second-order valence-corrected chi connectivity index (χ2v) is 6.80. The van der Waals surface area contributed by atoms with Gasteiger partial charge in [0.2, 0.25) is 24.7 Å². The Hall–Kier alpha value is -3.10. The van der Waals surface area contributed by atoms with Crippen molar-refractivity contribution in [1.29, 1.82) is 0 Å². The lowest BCUT2D eigenvalue weighted by atomic mass is 10.0. The molecule has 0 saturated heterocycles.